The Hall–Kier alpha value is -1.88. The maximum atomic E-state index is 12.9. The summed E-state index contributed by atoms with van der Waals surface area (Å²) >= 11 is 0. The predicted molar refractivity (Wildman–Crippen MR) is 85.2 cm³/mol. The van der Waals surface area contributed by atoms with Crippen LogP contribution in [0.15, 0.2) is 39.7 Å². The van der Waals surface area contributed by atoms with Crippen molar-refractivity contribution in [2.24, 2.45) is 5.73 Å². The molecule has 21 heavy (non-hydrogen) atoms. The first-order chi connectivity index (χ1) is 9.73. The normalized spacial score (nSPS) is 15.4. The molecule has 0 radical (unpaired) electrons. The Bertz CT molecular complexity index is 748. The van der Waals surface area contributed by atoms with Gasteiger partial charge in [0.2, 0.25) is 9.84 Å². The van der Waals surface area contributed by atoms with Crippen LogP contribution in [0.25, 0.3) is 0 Å². The summed E-state index contributed by atoms with van der Waals surface area (Å²) < 4.78 is 25.8. The van der Waals surface area contributed by atoms with Crippen LogP contribution in [0.3, 0.4) is 0 Å². The zero-order chi connectivity index (χ0) is 15.8. The number of allylic oxidation sites excluding steroid dienone is 2. The topological polar surface area (TPSA) is 84.0 Å². The average Bonchev–Trinajstić information content (AvgIpc) is 2.37. The lowest BCUT2D eigenvalue weighted by Crippen LogP contribution is -2.16. The molecule has 4 nitrogen and oxygen atoms in total. The molecule has 1 aromatic carbocycles. The fourth-order valence-corrected chi connectivity index (χ4v) is 4.69. The molecule has 1 aliphatic carbocycles. The van der Waals surface area contributed by atoms with Crippen molar-refractivity contribution in [2.75, 3.05) is 0 Å². The van der Waals surface area contributed by atoms with E-state index in [0.29, 0.717) is 28.2 Å². The molecule has 0 atom stereocenters. The Labute approximate surface area is 125 Å². The number of sulfone groups is 1. The molecule has 0 heterocycles. The van der Waals surface area contributed by atoms with Gasteiger partial charge in [-0.15, -0.1) is 0 Å². The number of amidine groups is 1. The molecule has 3 N–H and O–H groups in total. The van der Waals surface area contributed by atoms with E-state index in [0.717, 1.165) is 16.7 Å². The summed E-state index contributed by atoms with van der Waals surface area (Å²) in [5.74, 6) is -0.0975. The molecule has 0 fully saturated rings. The number of aryl methyl sites for hydroxylation is 3. The summed E-state index contributed by atoms with van der Waals surface area (Å²) in [7, 11) is -3.54. The van der Waals surface area contributed by atoms with Crippen molar-refractivity contribution in [3.8, 4) is 0 Å². The smallest absolute Gasteiger partial charge is 0.203 e. The van der Waals surface area contributed by atoms with Crippen molar-refractivity contribution < 1.29 is 8.42 Å². The van der Waals surface area contributed by atoms with Crippen LogP contribution in [-0.4, -0.2) is 14.3 Å². The van der Waals surface area contributed by atoms with E-state index in [9.17, 15) is 8.42 Å². The fourth-order valence-electron chi connectivity index (χ4n) is 2.80. The molecular formula is C16H20N2O2S. The predicted octanol–water partition coefficient (Wildman–Crippen LogP) is 2.93. The van der Waals surface area contributed by atoms with Gasteiger partial charge < -0.3 is 5.73 Å². The number of nitrogens with one attached hydrogen (secondary N) is 1. The van der Waals surface area contributed by atoms with E-state index < -0.39 is 9.84 Å². The molecule has 0 saturated carbocycles. The van der Waals surface area contributed by atoms with Gasteiger partial charge in [-0.25, -0.2) is 8.42 Å². The Morgan fingerprint density at radius 1 is 1.19 bits per heavy atom. The molecular weight excluding hydrogens is 284 g/mol. The molecule has 2 rings (SSSR count). The lowest BCUT2D eigenvalue weighted by atomic mass is 10.1. The van der Waals surface area contributed by atoms with Crippen molar-refractivity contribution in [1.29, 1.82) is 5.41 Å². The van der Waals surface area contributed by atoms with Gasteiger partial charge in [0.1, 0.15) is 5.84 Å². The van der Waals surface area contributed by atoms with Gasteiger partial charge >= 0.3 is 0 Å². The van der Waals surface area contributed by atoms with Crippen molar-refractivity contribution in [3.63, 3.8) is 0 Å². The number of hydrogen-bond donors (Lipinski definition) is 2. The minimum Gasteiger partial charge on any atom is -0.384 e. The van der Waals surface area contributed by atoms with Gasteiger partial charge in [0.25, 0.3) is 0 Å². The van der Waals surface area contributed by atoms with E-state index >= 15 is 0 Å². The molecule has 0 saturated heterocycles. The maximum Gasteiger partial charge on any atom is 0.203 e. The molecule has 1 aliphatic rings. The van der Waals surface area contributed by atoms with Gasteiger partial charge in [0.05, 0.1) is 9.80 Å². The summed E-state index contributed by atoms with van der Waals surface area (Å²) in [4.78, 5) is 0.717. The highest BCUT2D eigenvalue weighted by atomic mass is 32.2. The lowest BCUT2D eigenvalue weighted by Gasteiger charge is -2.17. The van der Waals surface area contributed by atoms with Crippen LogP contribution in [0.5, 0.6) is 0 Å². The third kappa shape index (κ3) is 2.93. The molecule has 0 amide bonds. The molecule has 0 aromatic heterocycles. The zero-order valence-corrected chi connectivity index (χ0v) is 13.3. The molecule has 0 unspecified atom stereocenters. The largest absolute Gasteiger partial charge is 0.384 e. The number of nitrogens with two attached hydrogens (primary N) is 1. The Morgan fingerprint density at radius 3 is 2.29 bits per heavy atom. The van der Waals surface area contributed by atoms with E-state index in [2.05, 4.69) is 0 Å². The number of rotatable bonds is 3. The summed E-state index contributed by atoms with van der Waals surface area (Å²) in [5.41, 5.74) is 8.52. The minimum atomic E-state index is -3.54. The Kier molecular flexibility index (Phi) is 4.05. The van der Waals surface area contributed by atoms with Gasteiger partial charge in [-0.1, -0.05) is 23.8 Å². The summed E-state index contributed by atoms with van der Waals surface area (Å²) in [6.45, 7) is 5.59. The van der Waals surface area contributed by atoms with Crippen molar-refractivity contribution in [1.82, 2.24) is 0 Å². The highest BCUT2D eigenvalue weighted by Crippen LogP contribution is 2.32. The highest BCUT2D eigenvalue weighted by molar-refractivity contribution is 7.95. The molecule has 112 valence electrons. The van der Waals surface area contributed by atoms with Crippen LogP contribution in [-0.2, 0) is 9.84 Å². The van der Waals surface area contributed by atoms with E-state index in [1.165, 1.54) is 6.08 Å². The summed E-state index contributed by atoms with van der Waals surface area (Å²) in [5, 5.41) is 7.47. The summed E-state index contributed by atoms with van der Waals surface area (Å²) in [6.07, 6.45) is 4.37. The molecule has 0 spiro atoms. The first-order valence-corrected chi connectivity index (χ1v) is 8.30. The monoisotopic (exact) mass is 304 g/mol. The quantitative estimate of drug-likeness (QED) is 0.665. The second kappa shape index (κ2) is 5.48. The SMILES string of the molecule is Cc1cc(C)c(S(=O)(=O)C2=CC(C(=N)N)=CCC2)c(C)c1. The molecule has 0 aliphatic heterocycles. The first-order valence-electron chi connectivity index (χ1n) is 6.81. The molecule has 1 aromatic rings. The Balaban J connectivity index is 2.59. The fraction of sp³-hybridized carbons (Fsp3) is 0.312. The third-order valence-corrected chi connectivity index (χ3v) is 5.79. The van der Waals surface area contributed by atoms with Gasteiger partial charge in [0.15, 0.2) is 0 Å². The van der Waals surface area contributed by atoms with Crippen LogP contribution in [0.2, 0.25) is 0 Å². The first kappa shape index (κ1) is 15.5. The van der Waals surface area contributed by atoms with E-state index in [-0.39, 0.29) is 5.84 Å². The van der Waals surface area contributed by atoms with Gasteiger partial charge in [-0.3, -0.25) is 5.41 Å². The second-order valence-corrected chi connectivity index (χ2v) is 7.39. The van der Waals surface area contributed by atoms with E-state index in [4.69, 9.17) is 11.1 Å². The zero-order valence-electron chi connectivity index (χ0n) is 12.5. The lowest BCUT2D eigenvalue weighted by molar-refractivity contribution is 0.598. The average molecular weight is 304 g/mol. The van der Waals surface area contributed by atoms with Crippen molar-refractivity contribution in [2.45, 2.75) is 38.5 Å². The van der Waals surface area contributed by atoms with Crippen molar-refractivity contribution >= 4 is 15.7 Å². The second-order valence-electron chi connectivity index (χ2n) is 5.45. The third-order valence-electron chi connectivity index (χ3n) is 3.60. The molecule has 5 heteroatoms. The minimum absolute atomic E-state index is 0.0975. The Morgan fingerprint density at radius 2 is 1.76 bits per heavy atom. The van der Waals surface area contributed by atoms with Gasteiger partial charge in [-0.2, -0.15) is 0 Å². The summed E-state index contributed by atoms with van der Waals surface area (Å²) in [6, 6.07) is 3.76. The van der Waals surface area contributed by atoms with E-state index in [1.54, 1.807) is 6.08 Å². The van der Waals surface area contributed by atoms with Gasteiger partial charge in [-0.05, 0) is 50.8 Å². The van der Waals surface area contributed by atoms with Crippen molar-refractivity contribution in [3.05, 3.63) is 51.5 Å². The van der Waals surface area contributed by atoms with E-state index in [1.807, 2.05) is 32.9 Å². The number of hydrogen-bond acceptors (Lipinski definition) is 3. The van der Waals surface area contributed by atoms with Gasteiger partial charge in [0, 0.05) is 5.57 Å². The van der Waals surface area contributed by atoms with Crippen LogP contribution in [0, 0.1) is 26.2 Å². The van der Waals surface area contributed by atoms with Crippen LogP contribution < -0.4 is 5.73 Å². The van der Waals surface area contributed by atoms with Crippen LogP contribution in [0.4, 0.5) is 0 Å². The van der Waals surface area contributed by atoms with Crippen LogP contribution >= 0.6 is 0 Å². The van der Waals surface area contributed by atoms with Crippen LogP contribution in [0.1, 0.15) is 29.5 Å². The number of benzene rings is 1. The highest BCUT2D eigenvalue weighted by Gasteiger charge is 2.26. The standard InChI is InChI=1S/C16H20N2O2S/c1-10-7-11(2)15(12(3)8-10)21(19,20)14-6-4-5-13(9-14)16(17)18/h5,7-9H,4,6H2,1-3H3,(H3,17,18). The molecule has 0 bridgehead atoms. The maximum absolute atomic E-state index is 12.9.